The first-order valence-electron chi connectivity index (χ1n) is 10.2. The van der Waals surface area contributed by atoms with Crippen LogP contribution in [0.1, 0.15) is 38.2 Å². The van der Waals surface area contributed by atoms with Crippen molar-refractivity contribution in [2.24, 2.45) is 0 Å². The van der Waals surface area contributed by atoms with E-state index >= 15 is 0 Å². The van der Waals surface area contributed by atoms with Crippen molar-refractivity contribution >= 4 is 16.6 Å². The lowest BCUT2D eigenvalue weighted by Gasteiger charge is -2.16. The molecular formula is C25H28O5. The third-order valence-corrected chi connectivity index (χ3v) is 5.30. The van der Waals surface area contributed by atoms with E-state index in [1.54, 1.807) is 24.3 Å². The van der Waals surface area contributed by atoms with Crippen molar-refractivity contribution in [1.82, 2.24) is 0 Å². The van der Waals surface area contributed by atoms with Gasteiger partial charge in [0.15, 0.2) is 11.5 Å². The summed E-state index contributed by atoms with van der Waals surface area (Å²) in [5.41, 5.74) is 2.43. The molecule has 0 amide bonds. The van der Waals surface area contributed by atoms with Crippen LogP contribution in [0, 0.1) is 0 Å². The van der Waals surface area contributed by atoms with Crippen molar-refractivity contribution in [2.45, 2.75) is 45.1 Å². The van der Waals surface area contributed by atoms with E-state index in [4.69, 9.17) is 4.74 Å². The average molecular weight is 408 g/mol. The van der Waals surface area contributed by atoms with Crippen molar-refractivity contribution in [3.63, 3.8) is 0 Å². The van der Waals surface area contributed by atoms with Crippen LogP contribution >= 0.6 is 0 Å². The Hall–Kier alpha value is -3.05. The first-order chi connectivity index (χ1) is 14.4. The highest BCUT2D eigenvalue weighted by Gasteiger charge is 2.18. The smallest absolute Gasteiger partial charge is 0.168 e. The maximum Gasteiger partial charge on any atom is 0.168 e. The third-order valence-electron chi connectivity index (χ3n) is 5.30. The Labute approximate surface area is 176 Å². The van der Waals surface area contributed by atoms with E-state index in [1.165, 1.54) is 7.11 Å². The second kappa shape index (κ2) is 9.63. The highest BCUT2D eigenvalue weighted by Crippen LogP contribution is 2.41. The number of carbonyl (C=O) groups is 1. The first-order valence-corrected chi connectivity index (χ1v) is 10.2. The van der Waals surface area contributed by atoms with Gasteiger partial charge in [0.2, 0.25) is 0 Å². The van der Waals surface area contributed by atoms with Crippen molar-refractivity contribution in [3.8, 4) is 28.4 Å². The number of methoxy groups -OCH3 is 1. The van der Waals surface area contributed by atoms with Crippen molar-refractivity contribution in [2.75, 3.05) is 7.11 Å². The lowest BCUT2D eigenvalue weighted by Crippen LogP contribution is -2.13. The molecule has 5 nitrogen and oxygen atoms in total. The molecule has 3 rings (SSSR count). The summed E-state index contributed by atoms with van der Waals surface area (Å²) in [6, 6.07) is 14.4. The summed E-state index contributed by atoms with van der Waals surface area (Å²) in [7, 11) is 1.50. The van der Waals surface area contributed by atoms with Crippen LogP contribution < -0.4 is 4.74 Å². The standard InChI is InChI=1S/C25H28O5/c1-3-4-20(26)15-22(28)11-8-17-9-12-23(29)25(30-2)24(17)18-6-5-16-7-10-21(27)14-19(16)13-18/h5-7,9-10,12-14,20,26-27,29H,3-4,8,11,15H2,1-2H3/t20-/m1/s1. The zero-order chi connectivity index (χ0) is 21.7. The molecule has 3 N–H and O–H groups in total. The number of aliphatic hydroxyl groups excluding tert-OH is 1. The molecule has 3 aromatic rings. The molecule has 0 aliphatic heterocycles. The predicted octanol–water partition coefficient (Wildman–Crippen LogP) is 4.98. The molecule has 1 atom stereocenters. The minimum absolute atomic E-state index is 0.0115. The number of phenolic OH excluding ortho intramolecular Hbond substituents is 2. The van der Waals surface area contributed by atoms with Crippen LogP contribution in [0.5, 0.6) is 17.2 Å². The minimum Gasteiger partial charge on any atom is -0.508 e. The molecule has 0 bridgehead atoms. The minimum atomic E-state index is -0.593. The largest absolute Gasteiger partial charge is 0.508 e. The lowest BCUT2D eigenvalue weighted by molar-refractivity contribution is -0.121. The molecule has 0 saturated heterocycles. The maximum absolute atomic E-state index is 12.3. The molecule has 0 spiro atoms. The number of ether oxygens (including phenoxy) is 1. The summed E-state index contributed by atoms with van der Waals surface area (Å²) in [4.78, 5) is 12.3. The van der Waals surface area contributed by atoms with Crippen LogP contribution in [0.4, 0.5) is 0 Å². The van der Waals surface area contributed by atoms with Gasteiger partial charge in [0.25, 0.3) is 0 Å². The summed E-state index contributed by atoms with van der Waals surface area (Å²) in [6.45, 7) is 1.98. The topological polar surface area (TPSA) is 87.0 Å². The monoisotopic (exact) mass is 408 g/mol. The van der Waals surface area contributed by atoms with Gasteiger partial charge in [0.1, 0.15) is 11.5 Å². The molecule has 0 heterocycles. The summed E-state index contributed by atoms with van der Waals surface area (Å²) in [5.74, 6) is 0.568. The number of aromatic hydroxyl groups is 2. The van der Waals surface area contributed by atoms with E-state index in [0.717, 1.165) is 33.9 Å². The van der Waals surface area contributed by atoms with Crippen LogP contribution in [0.25, 0.3) is 21.9 Å². The fraction of sp³-hybridized carbons (Fsp3) is 0.320. The zero-order valence-electron chi connectivity index (χ0n) is 17.4. The fourth-order valence-corrected chi connectivity index (χ4v) is 3.81. The number of rotatable bonds is 9. The van der Waals surface area contributed by atoms with Crippen LogP contribution in [0.15, 0.2) is 48.5 Å². The molecule has 3 aromatic carbocycles. The number of hydrogen-bond acceptors (Lipinski definition) is 5. The Morgan fingerprint density at radius 2 is 1.80 bits per heavy atom. The quantitative estimate of drug-likeness (QED) is 0.465. The third kappa shape index (κ3) is 4.92. The summed E-state index contributed by atoms with van der Waals surface area (Å²) < 4.78 is 5.49. The number of fused-ring (bicyclic) bond motifs is 1. The maximum atomic E-state index is 12.3. The second-order valence-corrected chi connectivity index (χ2v) is 7.58. The van der Waals surface area contributed by atoms with Gasteiger partial charge in [0, 0.05) is 18.4 Å². The average Bonchev–Trinajstić information content (AvgIpc) is 2.72. The molecule has 0 saturated carbocycles. The van der Waals surface area contributed by atoms with Crippen LogP contribution in [-0.2, 0) is 11.2 Å². The van der Waals surface area contributed by atoms with Gasteiger partial charge in [-0.2, -0.15) is 0 Å². The lowest BCUT2D eigenvalue weighted by atomic mass is 9.92. The number of ketones is 1. The number of hydrogen-bond donors (Lipinski definition) is 3. The van der Waals surface area contributed by atoms with Gasteiger partial charge in [-0.15, -0.1) is 0 Å². The van der Waals surface area contributed by atoms with E-state index in [2.05, 4.69) is 0 Å². The Balaban J connectivity index is 1.95. The number of aryl methyl sites for hydroxylation is 1. The SMILES string of the molecule is CCC[C@@H](O)CC(=O)CCc1ccc(O)c(OC)c1-c1ccc2ccc(O)cc2c1. The summed E-state index contributed by atoms with van der Waals surface area (Å²) in [5, 5.41) is 31.9. The molecule has 0 aliphatic carbocycles. The molecule has 0 fully saturated rings. The molecule has 0 aliphatic rings. The first kappa shape index (κ1) is 21.7. The molecule has 0 radical (unpaired) electrons. The van der Waals surface area contributed by atoms with Gasteiger partial charge >= 0.3 is 0 Å². The normalized spacial score (nSPS) is 12.1. The van der Waals surface area contributed by atoms with Crippen molar-refractivity contribution in [1.29, 1.82) is 0 Å². The fourth-order valence-electron chi connectivity index (χ4n) is 3.81. The van der Waals surface area contributed by atoms with Gasteiger partial charge < -0.3 is 20.1 Å². The molecule has 158 valence electrons. The number of Topliss-reactive ketones (excluding diaryl/α,β-unsaturated/α-hetero) is 1. The Morgan fingerprint density at radius 1 is 1.03 bits per heavy atom. The van der Waals surface area contributed by atoms with Crippen molar-refractivity contribution < 1.29 is 24.9 Å². The molecule has 0 unspecified atom stereocenters. The molecule has 30 heavy (non-hydrogen) atoms. The molecule has 5 heteroatoms. The van der Waals surface area contributed by atoms with E-state index in [9.17, 15) is 20.1 Å². The van der Waals surface area contributed by atoms with Crippen LogP contribution in [0.2, 0.25) is 0 Å². The predicted molar refractivity (Wildman–Crippen MR) is 118 cm³/mol. The van der Waals surface area contributed by atoms with E-state index in [-0.39, 0.29) is 23.7 Å². The van der Waals surface area contributed by atoms with Gasteiger partial charge in [-0.25, -0.2) is 0 Å². The number of carbonyl (C=O) groups excluding carboxylic acids is 1. The Kier molecular flexibility index (Phi) is 6.95. The van der Waals surface area contributed by atoms with Crippen LogP contribution in [0.3, 0.4) is 0 Å². The summed E-state index contributed by atoms with van der Waals surface area (Å²) >= 11 is 0. The Morgan fingerprint density at radius 3 is 2.53 bits per heavy atom. The molecule has 0 aromatic heterocycles. The van der Waals surface area contributed by atoms with Gasteiger partial charge in [-0.05, 0) is 59.0 Å². The van der Waals surface area contributed by atoms with Crippen LogP contribution in [-0.4, -0.2) is 34.3 Å². The zero-order valence-corrected chi connectivity index (χ0v) is 17.4. The van der Waals surface area contributed by atoms with Gasteiger partial charge in [-0.3, -0.25) is 4.79 Å². The number of aliphatic hydroxyl groups is 1. The highest BCUT2D eigenvalue weighted by atomic mass is 16.5. The van der Waals surface area contributed by atoms with Crippen molar-refractivity contribution in [3.05, 3.63) is 54.1 Å². The molecular weight excluding hydrogens is 380 g/mol. The second-order valence-electron chi connectivity index (χ2n) is 7.58. The van der Waals surface area contributed by atoms with Gasteiger partial charge in [-0.1, -0.05) is 37.6 Å². The number of phenols is 2. The number of benzene rings is 3. The van der Waals surface area contributed by atoms with E-state index in [1.807, 2.05) is 31.2 Å². The summed E-state index contributed by atoms with van der Waals surface area (Å²) in [6.07, 6.45) is 1.80. The van der Waals surface area contributed by atoms with E-state index in [0.29, 0.717) is 25.0 Å². The Bertz CT molecular complexity index is 1040. The highest BCUT2D eigenvalue weighted by molar-refractivity contribution is 5.90. The van der Waals surface area contributed by atoms with E-state index < -0.39 is 6.10 Å². The van der Waals surface area contributed by atoms with Gasteiger partial charge in [0.05, 0.1) is 13.2 Å².